The summed E-state index contributed by atoms with van der Waals surface area (Å²) in [6.45, 7) is 3.73. The lowest BCUT2D eigenvalue weighted by Gasteiger charge is -2.49. The molecule has 2 aromatic rings. The van der Waals surface area contributed by atoms with Crippen LogP contribution in [0.15, 0.2) is 30.3 Å². The molecular formula is C21H19NO4. The molecule has 0 amide bonds. The monoisotopic (exact) mass is 349 g/mol. The number of benzene rings is 2. The van der Waals surface area contributed by atoms with E-state index in [1.807, 2.05) is 6.07 Å². The van der Waals surface area contributed by atoms with Crippen LogP contribution in [0.5, 0.6) is 23.0 Å². The van der Waals surface area contributed by atoms with Crippen LogP contribution in [0, 0.1) is 0 Å². The van der Waals surface area contributed by atoms with Crippen molar-refractivity contribution >= 4 is 6.08 Å². The predicted octanol–water partition coefficient (Wildman–Crippen LogP) is 3.62. The molecule has 0 aromatic heterocycles. The second-order valence-electron chi connectivity index (χ2n) is 7.59. The van der Waals surface area contributed by atoms with Gasteiger partial charge < -0.3 is 18.9 Å². The molecule has 6 rings (SSSR count). The van der Waals surface area contributed by atoms with Crippen LogP contribution in [0.3, 0.4) is 0 Å². The van der Waals surface area contributed by atoms with Gasteiger partial charge in [-0.1, -0.05) is 25.1 Å². The van der Waals surface area contributed by atoms with Crippen molar-refractivity contribution in [3.05, 3.63) is 52.6 Å². The molecule has 4 aliphatic rings. The molecule has 5 heteroatoms. The van der Waals surface area contributed by atoms with Crippen molar-refractivity contribution in [2.45, 2.75) is 24.9 Å². The lowest BCUT2D eigenvalue weighted by atomic mass is 9.65. The SMILES string of the molecule is CN1Cc2c(ccc3c2OCO3)[C@@]2(C)C=Cc3cc4c(cc3[C@@H]12)OCO4. The highest BCUT2D eigenvalue weighted by atomic mass is 16.7. The minimum absolute atomic E-state index is 0.149. The number of hydrogen-bond donors (Lipinski definition) is 0. The van der Waals surface area contributed by atoms with E-state index in [2.05, 4.69) is 49.2 Å². The van der Waals surface area contributed by atoms with Gasteiger partial charge >= 0.3 is 0 Å². The van der Waals surface area contributed by atoms with Crippen molar-refractivity contribution in [3.63, 3.8) is 0 Å². The molecule has 3 heterocycles. The number of rotatable bonds is 0. The summed E-state index contributed by atoms with van der Waals surface area (Å²) in [5.74, 6) is 3.42. The van der Waals surface area contributed by atoms with Crippen molar-refractivity contribution in [1.82, 2.24) is 4.90 Å². The van der Waals surface area contributed by atoms with E-state index in [9.17, 15) is 0 Å². The Hall–Kier alpha value is -2.66. The second kappa shape index (κ2) is 4.74. The first-order valence-electron chi connectivity index (χ1n) is 8.90. The highest BCUT2D eigenvalue weighted by Crippen LogP contribution is 2.55. The van der Waals surface area contributed by atoms with E-state index >= 15 is 0 Å². The maximum Gasteiger partial charge on any atom is 0.231 e. The highest BCUT2D eigenvalue weighted by molar-refractivity contribution is 5.69. The summed E-state index contributed by atoms with van der Waals surface area (Å²) in [5, 5.41) is 0. The Morgan fingerprint density at radius 3 is 2.65 bits per heavy atom. The molecule has 2 aromatic carbocycles. The molecule has 0 spiro atoms. The largest absolute Gasteiger partial charge is 0.454 e. The first kappa shape index (κ1) is 14.5. The number of fused-ring (bicyclic) bond motifs is 8. The van der Waals surface area contributed by atoms with Crippen LogP contribution in [-0.4, -0.2) is 25.5 Å². The van der Waals surface area contributed by atoms with Gasteiger partial charge in [-0.3, -0.25) is 4.90 Å². The molecule has 2 atom stereocenters. The smallest absolute Gasteiger partial charge is 0.231 e. The van der Waals surface area contributed by atoms with Gasteiger partial charge in [-0.15, -0.1) is 0 Å². The van der Waals surface area contributed by atoms with Crippen LogP contribution in [-0.2, 0) is 12.0 Å². The zero-order valence-electron chi connectivity index (χ0n) is 14.7. The molecule has 0 saturated carbocycles. The van der Waals surface area contributed by atoms with Gasteiger partial charge in [0.15, 0.2) is 23.0 Å². The minimum atomic E-state index is -0.149. The summed E-state index contributed by atoms with van der Waals surface area (Å²) in [4.78, 5) is 2.40. The van der Waals surface area contributed by atoms with Crippen molar-refractivity contribution in [3.8, 4) is 23.0 Å². The molecular weight excluding hydrogens is 330 g/mol. The Balaban J connectivity index is 1.57. The molecule has 3 aliphatic heterocycles. The fraction of sp³-hybridized carbons (Fsp3) is 0.333. The maximum atomic E-state index is 5.79. The summed E-state index contributed by atoms with van der Waals surface area (Å²) < 4.78 is 22.6. The van der Waals surface area contributed by atoms with E-state index in [1.165, 1.54) is 22.3 Å². The van der Waals surface area contributed by atoms with Crippen molar-refractivity contribution in [2.75, 3.05) is 20.6 Å². The van der Waals surface area contributed by atoms with Crippen LogP contribution in [0.25, 0.3) is 6.08 Å². The number of nitrogens with zero attached hydrogens (tertiary/aromatic N) is 1. The Morgan fingerprint density at radius 1 is 1.00 bits per heavy atom. The second-order valence-corrected chi connectivity index (χ2v) is 7.59. The van der Waals surface area contributed by atoms with E-state index in [0.717, 1.165) is 29.5 Å². The predicted molar refractivity (Wildman–Crippen MR) is 95.7 cm³/mol. The van der Waals surface area contributed by atoms with Crippen molar-refractivity contribution < 1.29 is 18.9 Å². The molecule has 0 bridgehead atoms. The normalized spacial score (nSPS) is 27.1. The standard InChI is InChI=1S/C21H19NO4/c1-21-6-5-12-7-17-18(25-10-24-17)8-13(12)20(21)22(2)9-14-15(21)3-4-16-19(14)26-11-23-16/h3-8,20H,9-11H2,1-2H3/t20-,21-/m1/s1. The van der Waals surface area contributed by atoms with Gasteiger partial charge in [0.2, 0.25) is 13.6 Å². The maximum absolute atomic E-state index is 5.79. The topological polar surface area (TPSA) is 40.2 Å². The van der Waals surface area contributed by atoms with Crippen LogP contribution in [0.4, 0.5) is 0 Å². The number of likely N-dealkylation sites (N-methyl/N-ethyl adjacent to an activating group) is 1. The van der Waals surface area contributed by atoms with Gasteiger partial charge in [0.1, 0.15) is 0 Å². The van der Waals surface area contributed by atoms with E-state index < -0.39 is 0 Å². The quantitative estimate of drug-likeness (QED) is 0.727. The summed E-state index contributed by atoms with van der Waals surface area (Å²) >= 11 is 0. The van der Waals surface area contributed by atoms with Crippen LogP contribution in [0.2, 0.25) is 0 Å². The molecule has 26 heavy (non-hydrogen) atoms. The van der Waals surface area contributed by atoms with E-state index in [4.69, 9.17) is 18.9 Å². The van der Waals surface area contributed by atoms with Gasteiger partial charge in [-0.2, -0.15) is 0 Å². The van der Waals surface area contributed by atoms with Gasteiger partial charge in [0.25, 0.3) is 0 Å². The van der Waals surface area contributed by atoms with Gasteiger partial charge in [0.05, 0.1) is 0 Å². The first-order chi connectivity index (χ1) is 12.6. The number of hydrogen-bond acceptors (Lipinski definition) is 5. The third kappa shape index (κ3) is 1.69. The van der Waals surface area contributed by atoms with Crippen LogP contribution in [0.1, 0.15) is 35.2 Å². The molecule has 0 radical (unpaired) electrons. The number of ether oxygens (including phenoxy) is 4. The first-order valence-corrected chi connectivity index (χ1v) is 8.90. The molecule has 1 aliphatic carbocycles. The van der Waals surface area contributed by atoms with Crippen LogP contribution >= 0.6 is 0 Å². The highest BCUT2D eigenvalue weighted by Gasteiger charge is 2.47. The van der Waals surface area contributed by atoms with E-state index in [1.54, 1.807) is 0 Å². The van der Waals surface area contributed by atoms with Crippen LogP contribution < -0.4 is 18.9 Å². The third-order valence-corrected chi connectivity index (χ3v) is 6.12. The van der Waals surface area contributed by atoms with E-state index in [0.29, 0.717) is 13.6 Å². The molecule has 132 valence electrons. The fourth-order valence-electron chi connectivity index (χ4n) is 5.00. The Morgan fingerprint density at radius 2 is 1.77 bits per heavy atom. The molecule has 0 N–H and O–H groups in total. The average Bonchev–Trinajstić information content (AvgIpc) is 3.28. The zero-order chi connectivity index (χ0) is 17.5. The Kier molecular flexibility index (Phi) is 2.64. The Bertz CT molecular complexity index is 982. The van der Waals surface area contributed by atoms with Crippen molar-refractivity contribution in [1.29, 1.82) is 0 Å². The van der Waals surface area contributed by atoms with Gasteiger partial charge in [0, 0.05) is 23.6 Å². The minimum Gasteiger partial charge on any atom is -0.454 e. The third-order valence-electron chi connectivity index (χ3n) is 6.12. The Labute approximate surface area is 151 Å². The molecule has 0 unspecified atom stereocenters. The van der Waals surface area contributed by atoms with Gasteiger partial charge in [-0.05, 0) is 41.9 Å². The fourth-order valence-corrected chi connectivity index (χ4v) is 5.00. The lowest BCUT2D eigenvalue weighted by Crippen LogP contribution is -2.45. The summed E-state index contributed by atoms with van der Waals surface area (Å²) in [6.07, 6.45) is 4.53. The summed E-state index contributed by atoms with van der Waals surface area (Å²) in [5.41, 5.74) is 4.88. The molecule has 0 saturated heterocycles. The average molecular weight is 349 g/mol. The summed E-state index contributed by atoms with van der Waals surface area (Å²) in [7, 11) is 2.18. The van der Waals surface area contributed by atoms with E-state index in [-0.39, 0.29) is 11.5 Å². The zero-order valence-corrected chi connectivity index (χ0v) is 14.7. The summed E-state index contributed by atoms with van der Waals surface area (Å²) in [6, 6.07) is 8.71. The van der Waals surface area contributed by atoms with Crippen molar-refractivity contribution in [2.24, 2.45) is 0 Å². The molecule has 0 fully saturated rings. The lowest BCUT2D eigenvalue weighted by molar-refractivity contribution is 0.144. The molecule has 5 nitrogen and oxygen atoms in total. The van der Waals surface area contributed by atoms with Gasteiger partial charge in [-0.25, -0.2) is 0 Å².